The van der Waals surface area contributed by atoms with Crippen molar-refractivity contribution in [3.63, 3.8) is 0 Å². The van der Waals surface area contributed by atoms with Crippen molar-refractivity contribution >= 4 is 21.8 Å². The first-order chi connectivity index (χ1) is 11.7. The summed E-state index contributed by atoms with van der Waals surface area (Å²) in [5, 5.41) is 0. The second-order valence-electron chi connectivity index (χ2n) is 7.11. The SMILES string of the molecule is CC1CCCCN1C(=O)CN1CCN(C(=O)CN(C)S(C)(=O)=O)CC1. The van der Waals surface area contributed by atoms with Gasteiger partial charge in [-0.2, -0.15) is 4.31 Å². The number of hydrogen-bond donors (Lipinski definition) is 0. The molecule has 144 valence electrons. The Kier molecular flexibility index (Phi) is 6.81. The van der Waals surface area contributed by atoms with E-state index in [0.29, 0.717) is 38.8 Å². The van der Waals surface area contributed by atoms with Crippen LogP contribution < -0.4 is 0 Å². The van der Waals surface area contributed by atoms with Crippen LogP contribution >= 0.6 is 0 Å². The van der Waals surface area contributed by atoms with Crippen LogP contribution in [0.4, 0.5) is 0 Å². The third kappa shape index (κ3) is 5.65. The lowest BCUT2D eigenvalue weighted by atomic mass is 10.0. The van der Waals surface area contributed by atoms with Gasteiger partial charge >= 0.3 is 0 Å². The number of sulfonamides is 1. The van der Waals surface area contributed by atoms with Crippen LogP contribution in [0, 0.1) is 0 Å². The average Bonchev–Trinajstić information content (AvgIpc) is 2.54. The zero-order chi connectivity index (χ0) is 18.6. The van der Waals surface area contributed by atoms with Crippen molar-refractivity contribution in [2.24, 2.45) is 0 Å². The summed E-state index contributed by atoms with van der Waals surface area (Å²) < 4.78 is 23.9. The summed E-state index contributed by atoms with van der Waals surface area (Å²) in [4.78, 5) is 30.4. The lowest BCUT2D eigenvalue weighted by Crippen LogP contribution is -2.54. The Balaban J connectivity index is 1.77. The minimum absolute atomic E-state index is 0.136. The van der Waals surface area contributed by atoms with Crippen molar-refractivity contribution in [2.45, 2.75) is 32.2 Å². The van der Waals surface area contributed by atoms with Crippen LogP contribution in [-0.2, 0) is 19.6 Å². The molecule has 2 amide bonds. The van der Waals surface area contributed by atoms with Crippen molar-refractivity contribution in [2.75, 3.05) is 59.1 Å². The number of likely N-dealkylation sites (N-methyl/N-ethyl adjacent to an activating group) is 1. The van der Waals surface area contributed by atoms with E-state index in [0.717, 1.165) is 29.9 Å². The highest BCUT2D eigenvalue weighted by molar-refractivity contribution is 7.88. The lowest BCUT2D eigenvalue weighted by molar-refractivity contribution is -0.137. The van der Waals surface area contributed by atoms with E-state index in [9.17, 15) is 18.0 Å². The van der Waals surface area contributed by atoms with Crippen LogP contribution in [0.5, 0.6) is 0 Å². The van der Waals surface area contributed by atoms with E-state index in [4.69, 9.17) is 0 Å². The van der Waals surface area contributed by atoms with E-state index in [-0.39, 0.29) is 18.4 Å². The fraction of sp³-hybridized carbons (Fsp3) is 0.875. The molecule has 0 aliphatic carbocycles. The Morgan fingerprint density at radius 1 is 1.04 bits per heavy atom. The highest BCUT2D eigenvalue weighted by Gasteiger charge is 2.28. The molecule has 0 bridgehead atoms. The van der Waals surface area contributed by atoms with Gasteiger partial charge in [-0.1, -0.05) is 0 Å². The Hall–Kier alpha value is -1.19. The number of amides is 2. The number of piperidine rings is 1. The molecular formula is C16H30N4O4S. The predicted octanol–water partition coefficient (Wildman–Crippen LogP) is -0.577. The predicted molar refractivity (Wildman–Crippen MR) is 95.5 cm³/mol. The summed E-state index contributed by atoms with van der Waals surface area (Å²) >= 11 is 0. The number of hydrogen-bond acceptors (Lipinski definition) is 5. The Morgan fingerprint density at radius 2 is 1.68 bits per heavy atom. The molecule has 0 radical (unpaired) electrons. The Bertz CT molecular complexity index is 587. The fourth-order valence-electron chi connectivity index (χ4n) is 3.31. The van der Waals surface area contributed by atoms with Crippen molar-refractivity contribution in [1.29, 1.82) is 0 Å². The maximum absolute atomic E-state index is 12.5. The van der Waals surface area contributed by atoms with E-state index in [2.05, 4.69) is 11.8 Å². The molecule has 2 rings (SSSR count). The molecule has 8 nitrogen and oxygen atoms in total. The van der Waals surface area contributed by atoms with Gasteiger partial charge < -0.3 is 9.80 Å². The quantitative estimate of drug-likeness (QED) is 0.643. The summed E-state index contributed by atoms with van der Waals surface area (Å²) in [6.45, 7) is 5.55. The van der Waals surface area contributed by atoms with E-state index < -0.39 is 10.0 Å². The second-order valence-corrected chi connectivity index (χ2v) is 9.20. The van der Waals surface area contributed by atoms with Gasteiger partial charge in [-0.15, -0.1) is 0 Å². The zero-order valence-corrected chi connectivity index (χ0v) is 16.3. The molecule has 0 aromatic carbocycles. The minimum Gasteiger partial charge on any atom is -0.339 e. The number of carbonyl (C=O) groups excluding carboxylic acids is 2. The minimum atomic E-state index is -3.36. The highest BCUT2D eigenvalue weighted by Crippen LogP contribution is 2.17. The number of likely N-dealkylation sites (tertiary alicyclic amines) is 1. The van der Waals surface area contributed by atoms with E-state index in [1.165, 1.54) is 13.5 Å². The third-order valence-corrected chi connectivity index (χ3v) is 6.39. The van der Waals surface area contributed by atoms with Gasteiger partial charge in [-0.25, -0.2) is 8.42 Å². The summed E-state index contributed by atoms with van der Waals surface area (Å²) in [5.41, 5.74) is 0. The highest BCUT2D eigenvalue weighted by atomic mass is 32.2. The van der Waals surface area contributed by atoms with Gasteiger partial charge in [0.1, 0.15) is 0 Å². The number of rotatable bonds is 5. The summed E-state index contributed by atoms with van der Waals surface area (Å²) in [5.74, 6) is -0.0210. The number of carbonyl (C=O) groups is 2. The molecule has 1 unspecified atom stereocenters. The first-order valence-corrected chi connectivity index (χ1v) is 10.7. The Labute approximate surface area is 150 Å². The number of nitrogens with zero attached hydrogens (tertiary/aromatic N) is 4. The molecule has 0 aromatic heterocycles. The molecule has 2 heterocycles. The van der Waals surface area contributed by atoms with Crippen LogP contribution in [0.15, 0.2) is 0 Å². The summed E-state index contributed by atoms with van der Waals surface area (Å²) in [7, 11) is -1.95. The van der Waals surface area contributed by atoms with Gasteiger partial charge in [0.2, 0.25) is 21.8 Å². The molecule has 9 heteroatoms. The monoisotopic (exact) mass is 374 g/mol. The average molecular weight is 375 g/mol. The molecule has 2 saturated heterocycles. The normalized spacial score (nSPS) is 23.1. The molecular weight excluding hydrogens is 344 g/mol. The standard InChI is InChI=1S/C16H30N4O4S/c1-14-6-4-5-7-20(14)16(22)13-18-8-10-19(11-9-18)15(21)12-17(2)25(3,23)24/h14H,4-13H2,1-3H3. The van der Waals surface area contributed by atoms with Crippen LogP contribution in [0.3, 0.4) is 0 Å². The molecule has 0 saturated carbocycles. The zero-order valence-electron chi connectivity index (χ0n) is 15.5. The Morgan fingerprint density at radius 3 is 2.24 bits per heavy atom. The van der Waals surface area contributed by atoms with Gasteiger partial charge in [-0.05, 0) is 26.2 Å². The van der Waals surface area contributed by atoms with Crippen molar-refractivity contribution in [1.82, 2.24) is 19.0 Å². The maximum atomic E-state index is 12.5. The lowest BCUT2D eigenvalue weighted by Gasteiger charge is -2.38. The van der Waals surface area contributed by atoms with E-state index in [1.54, 1.807) is 4.90 Å². The van der Waals surface area contributed by atoms with Crippen molar-refractivity contribution in [3.8, 4) is 0 Å². The van der Waals surface area contributed by atoms with Gasteiger partial charge in [0, 0.05) is 45.8 Å². The topological polar surface area (TPSA) is 81.2 Å². The number of piperazine rings is 1. The van der Waals surface area contributed by atoms with Crippen LogP contribution in [0.25, 0.3) is 0 Å². The molecule has 2 aliphatic heterocycles. The first kappa shape index (κ1) is 20.1. The molecule has 25 heavy (non-hydrogen) atoms. The molecule has 0 N–H and O–H groups in total. The van der Waals surface area contributed by atoms with Crippen LogP contribution in [0.1, 0.15) is 26.2 Å². The van der Waals surface area contributed by atoms with Crippen LogP contribution in [-0.4, -0.2) is 104 Å². The molecule has 0 spiro atoms. The van der Waals surface area contributed by atoms with Gasteiger partial charge in [0.25, 0.3) is 0 Å². The van der Waals surface area contributed by atoms with Gasteiger partial charge in [0.05, 0.1) is 19.3 Å². The second kappa shape index (κ2) is 8.46. The van der Waals surface area contributed by atoms with Gasteiger partial charge in [-0.3, -0.25) is 14.5 Å². The van der Waals surface area contributed by atoms with E-state index in [1.807, 2.05) is 4.90 Å². The van der Waals surface area contributed by atoms with E-state index >= 15 is 0 Å². The van der Waals surface area contributed by atoms with Gasteiger partial charge in [0.15, 0.2) is 0 Å². The molecule has 1 atom stereocenters. The molecule has 2 aliphatic rings. The smallest absolute Gasteiger partial charge is 0.237 e. The largest absolute Gasteiger partial charge is 0.339 e. The maximum Gasteiger partial charge on any atom is 0.237 e. The van der Waals surface area contributed by atoms with Crippen molar-refractivity contribution < 1.29 is 18.0 Å². The first-order valence-electron chi connectivity index (χ1n) is 8.89. The fourth-order valence-corrected chi connectivity index (χ4v) is 3.66. The third-order valence-electron chi connectivity index (χ3n) is 5.13. The summed E-state index contributed by atoms with van der Waals surface area (Å²) in [6, 6.07) is 0.315. The molecule has 2 fully saturated rings. The van der Waals surface area contributed by atoms with Crippen LogP contribution in [0.2, 0.25) is 0 Å². The van der Waals surface area contributed by atoms with Crippen molar-refractivity contribution in [3.05, 3.63) is 0 Å². The summed E-state index contributed by atoms with van der Waals surface area (Å²) in [6.07, 6.45) is 4.42. The molecule has 0 aromatic rings.